The minimum absolute atomic E-state index is 0.0553. The van der Waals surface area contributed by atoms with Crippen molar-refractivity contribution < 1.29 is 31.9 Å². The van der Waals surface area contributed by atoms with Gasteiger partial charge in [-0.25, -0.2) is 12.8 Å². The van der Waals surface area contributed by atoms with Crippen molar-refractivity contribution in [2.45, 2.75) is 11.4 Å². The molecule has 0 heterocycles. The smallest absolute Gasteiger partial charge is 0.264 e. The van der Waals surface area contributed by atoms with Crippen molar-refractivity contribution in [1.82, 2.24) is 5.32 Å². The normalized spacial score (nSPS) is 11.0. The Bertz CT molecular complexity index is 1700. The standard InChI is InChI=1S/C30H27ClFN3O6S/c1-40-27-15-13-22(17-28(27)41-2)42(38,39)35(21-12-14-25(32)24(31)16-21)19-29(36)34-26-11-7-6-10-23(26)30(37)33-18-20-8-4-3-5-9-20/h3-17H,18-19H2,1-2H3,(H,33,37)(H,34,36). The number of sulfonamides is 1. The molecule has 0 aliphatic heterocycles. The Labute approximate surface area is 247 Å². The maximum atomic E-state index is 14.0. The van der Waals surface area contributed by atoms with Gasteiger partial charge in [0.1, 0.15) is 12.4 Å². The third-order valence-electron chi connectivity index (χ3n) is 6.16. The number of methoxy groups -OCH3 is 2. The highest BCUT2D eigenvalue weighted by atomic mass is 35.5. The first kappa shape index (κ1) is 30.4. The topological polar surface area (TPSA) is 114 Å². The number of halogens is 2. The van der Waals surface area contributed by atoms with Crippen LogP contribution in [0.2, 0.25) is 5.02 Å². The van der Waals surface area contributed by atoms with E-state index in [0.29, 0.717) is 5.75 Å². The predicted octanol–water partition coefficient (Wildman–Crippen LogP) is 5.26. The van der Waals surface area contributed by atoms with Gasteiger partial charge in [0.25, 0.3) is 15.9 Å². The summed E-state index contributed by atoms with van der Waals surface area (Å²) in [4.78, 5) is 26.0. The third-order valence-corrected chi connectivity index (χ3v) is 8.22. The highest BCUT2D eigenvalue weighted by Crippen LogP contribution is 2.33. The Morgan fingerprint density at radius 1 is 0.881 bits per heavy atom. The number of benzene rings is 4. The second-order valence-corrected chi connectivity index (χ2v) is 11.2. The molecular weight excluding hydrogens is 585 g/mol. The summed E-state index contributed by atoms with van der Waals surface area (Å²) >= 11 is 5.96. The van der Waals surface area contributed by atoms with Crippen LogP contribution >= 0.6 is 11.6 Å². The fourth-order valence-electron chi connectivity index (χ4n) is 4.04. The molecule has 0 aliphatic rings. The van der Waals surface area contributed by atoms with Gasteiger partial charge in [0.15, 0.2) is 11.5 Å². The molecule has 0 fully saturated rings. The van der Waals surface area contributed by atoms with Crippen LogP contribution in [-0.2, 0) is 21.4 Å². The van der Waals surface area contributed by atoms with Gasteiger partial charge in [-0.05, 0) is 48.0 Å². The summed E-state index contributed by atoms with van der Waals surface area (Å²) < 4.78 is 52.8. The summed E-state index contributed by atoms with van der Waals surface area (Å²) in [5.41, 5.74) is 1.19. The molecule has 0 radical (unpaired) electrons. The number of nitrogens with zero attached hydrogens (tertiary/aromatic N) is 1. The van der Waals surface area contributed by atoms with Gasteiger partial charge in [0.05, 0.1) is 41.1 Å². The summed E-state index contributed by atoms with van der Waals surface area (Å²) in [6, 6.07) is 22.9. The number of para-hydroxylation sites is 1. The zero-order chi connectivity index (χ0) is 30.3. The number of carbonyl (C=O) groups is 2. The Morgan fingerprint density at radius 2 is 1.57 bits per heavy atom. The fraction of sp³-hybridized carbons (Fsp3) is 0.133. The maximum absolute atomic E-state index is 14.0. The molecule has 0 aromatic heterocycles. The number of rotatable bonds is 11. The SMILES string of the molecule is COc1ccc(S(=O)(=O)N(CC(=O)Nc2ccccc2C(=O)NCc2ccccc2)c2ccc(F)c(Cl)c2)cc1OC. The molecule has 0 spiro atoms. The summed E-state index contributed by atoms with van der Waals surface area (Å²) in [6.07, 6.45) is 0. The molecule has 0 saturated carbocycles. The average molecular weight is 612 g/mol. The second-order valence-electron chi connectivity index (χ2n) is 8.89. The van der Waals surface area contributed by atoms with Crippen LogP contribution in [0.1, 0.15) is 15.9 Å². The summed E-state index contributed by atoms with van der Waals surface area (Å²) in [7, 11) is -1.66. The molecule has 42 heavy (non-hydrogen) atoms. The van der Waals surface area contributed by atoms with E-state index in [9.17, 15) is 22.4 Å². The van der Waals surface area contributed by atoms with Crippen molar-refractivity contribution >= 4 is 44.8 Å². The first-order valence-corrected chi connectivity index (χ1v) is 14.4. The second kappa shape index (κ2) is 13.4. The lowest BCUT2D eigenvalue weighted by Gasteiger charge is -2.25. The Hall–Kier alpha value is -4.61. The highest BCUT2D eigenvalue weighted by Gasteiger charge is 2.29. The van der Waals surface area contributed by atoms with E-state index in [2.05, 4.69) is 10.6 Å². The maximum Gasteiger partial charge on any atom is 0.264 e. The van der Waals surface area contributed by atoms with Gasteiger partial charge < -0.3 is 20.1 Å². The Morgan fingerprint density at radius 3 is 2.26 bits per heavy atom. The predicted molar refractivity (Wildman–Crippen MR) is 158 cm³/mol. The van der Waals surface area contributed by atoms with Crippen LogP contribution in [0.3, 0.4) is 0 Å². The van der Waals surface area contributed by atoms with Crippen LogP contribution in [-0.4, -0.2) is 41.0 Å². The molecule has 0 atom stereocenters. The van der Waals surface area contributed by atoms with Crippen LogP contribution < -0.4 is 24.4 Å². The third kappa shape index (κ3) is 6.99. The van der Waals surface area contributed by atoms with Gasteiger partial charge in [-0.2, -0.15) is 0 Å². The number of ether oxygens (including phenoxy) is 2. The quantitative estimate of drug-likeness (QED) is 0.239. The van der Waals surface area contributed by atoms with Crippen LogP contribution in [0.15, 0.2) is 95.9 Å². The highest BCUT2D eigenvalue weighted by molar-refractivity contribution is 7.92. The molecule has 0 aliphatic carbocycles. The van der Waals surface area contributed by atoms with Gasteiger partial charge in [0, 0.05) is 12.6 Å². The van der Waals surface area contributed by atoms with E-state index in [1.807, 2.05) is 30.3 Å². The van der Waals surface area contributed by atoms with Crippen molar-refractivity contribution in [2.75, 3.05) is 30.4 Å². The lowest BCUT2D eigenvalue weighted by atomic mass is 10.1. The molecule has 0 unspecified atom stereocenters. The van der Waals surface area contributed by atoms with E-state index in [1.165, 1.54) is 50.6 Å². The average Bonchev–Trinajstić information content (AvgIpc) is 3.00. The molecule has 2 amide bonds. The molecular formula is C30H27ClFN3O6S. The van der Waals surface area contributed by atoms with Crippen LogP contribution in [0.5, 0.6) is 11.5 Å². The van der Waals surface area contributed by atoms with Gasteiger partial charge in [-0.1, -0.05) is 54.1 Å². The summed E-state index contributed by atoms with van der Waals surface area (Å²) in [5.74, 6) is -1.51. The number of hydrogen-bond donors (Lipinski definition) is 2. The molecule has 0 bridgehead atoms. The minimum atomic E-state index is -4.42. The minimum Gasteiger partial charge on any atom is -0.493 e. The molecule has 12 heteroatoms. The molecule has 2 N–H and O–H groups in total. The van der Waals surface area contributed by atoms with E-state index in [1.54, 1.807) is 12.1 Å². The van der Waals surface area contributed by atoms with E-state index >= 15 is 0 Å². The van der Waals surface area contributed by atoms with Gasteiger partial charge in [-0.3, -0.25) is 13.9 Å². The van der Waals surface area contributed by atoms with Crippen molar-refractivity contribution in [1.29, 1.82) is 0 Å². The van der Waals surface area contributed by atoms with Crippen molar-refractivity contribution in [3.8, 4) is 11.5 Å². The van der Waals surface area contributed by atoms with Crippen molar-refractivity contribution in [3.63, 3.8) is 0 Å². The zero-order valence-electron chi connectivity index (χ0n) is 22.6. The van der Waals surface area contributed by atoms with Crippen LogP contribution in [0.4, 0.5) is 15.8 Å². The lowest BCUT2D eigenvalue weighted by molar-refractivity contribution is -0.114. The van der Waals surface area contributed by atoms with Gasteiger partial charge in [0.2, 0.25) is 5.91 Å². The van der Waals surface area contributed by atoms with Crippen molar-refractivity contribution in [3.05, 3.63) is 113 Å². The Balaban J connectivity index is 1.62. The molecule has 4 aromatic carbocycles. The van der Waals surface area contributed by atoms with Crippen LogP contribution in [0, 0.1) is 5.82 Å². The first-order chi connectivity index (χ1) is 20.1. The lowest BCUT2D eigenvalue weighted by Crippen LogP contribution is -2.38. The van der Waals surface area contributed by atoms with E-state index < -0.39 is 34.2 Å². The van der Waals surface area contributed by atoms with Gasteiger partial charge in [-0.15, -0.1) is 0 Å². The number of anilines is 2. The van der Waals surface area contributed by atoms with Crippen molar-refractivity contribution in [2.24, 2.45) is 0 Å². The number of hydrogen-bond acceptors (Lipinski definition) is 6. The molecule has 218 valence electrons. The fourth-order valence-corrected chi connectivity index (χ4v) is 5.65. The van der Waals surface area contributed by atoms with E-state index in [4.69, 9.17) is 21.1 Å². The summed E-state index contributed by atoms with van der Waals surface area (Å²) in [5, 5.41) is 5.09. The molecule has 0 saturated heterocycles. The zero-order valence-corrected chi connectivity index (χ0v) is 24.2. The molecule has 9 nitrogen and oxygen atoms in total. The first-order valence-electron chi connectivity index (χ1n) is 12.5. The number of amides is 2. The number of nitrogens with one attached hydrogen (secondary N) is 2. The van der Waals surface area contributed by atoms with E-state index in [-0.39, 0.29) is 39.2 Å². The Kier molecular flexibility index (Phi) is 9.66. The number of carbonyl (C=O) groups excluding carboxylic acids is 2. The van der Waals surface area contributed by atoms with E-state index in [0.717, 1.165) is 22.0 Å². The monoisotopic (exact) mass is 611 g/mol. The molecule has 4 rings (SSSR count). The summed E-state index contributed by atoms with van der Waals surface area (Å²) in [6.45, 7) is -0.455. The van der Waals surface area contributed by atoms with Crippen LogP contribution in [0.25, 0.3) is 0 Å². The molecule has 4 aromatic rings. The van der Waals surface area contributed by atoms with Gasteiger partial charge >= 0.3 is 0 Å². The largest absolute Gasteiger partial charge is 0.493 e.